The SMILES string of the molecule is Cc1nc(-c2cccc(NC(=O)CN3C(=O)C(=O)N(C(C)C)C3=O)c2)cs1. The minimum Gasteiger partial charge on any atom is -0.325 e. The van der Waals surface area contributed by atoms with Crippen LogP contribution in [-0.2, 0) is 14.4 Å². The predicted molar refractivity (Wildman–Crippen MR) is 100 cm³/mol. The fourth-order valence-electron chi connectivity index (χ4n) is 2.71. The molecule has 2 heterocycles. The molecule has 0 saturated carbocycles. The van der Waals surface area contributed by atoms with Crippen LogP contribution < -0.4 is 5.32 Å². The second kappa shape index (κ2) is 7.28. The number of hydrogen-bond donors (Lipinski definition) is 1. The van der Waals surface area contributed by atoms with E-state index in [9.17, 15) is 19.2 Å². The maximum Gasteiger partial charge on any atom is 0.334 e. The first-order chi connectivity index (χ1) is 12.8. The molecule has 9 heteroatoms. The fraction of sp³-hybridized carbons (Fsp3) is 0.278. The van der Waals surface area contributed by atoms with Crippen LogP contribution in [0.1, 0.15) is 18.9 Å². The highest BCUT2D eigenvalue weighted by Gasteiger charge is 2.46. The van der Waals surface area contributed by atoms with E-state index in [2.05, 4.69) is 10.3 Å². The number of urea groups is 1. The van der Waals surface area contributed by atoms with Gasteiger partial charge in [-0.15, -0.1) is 11.3 Å². The summed E-state index contributed by atoms with van der Waals surface area (Å²) < 4.78 is 0. The van der Waals surface area contributed by atoms with Gasteiger partial charge in [0.15, 0.2) is 0 Å². The Morgan fingerprint density at radius 2 is 1.96 bits per heavy atom. The smallest absolute Gasteiger partial charge is 0.325 e. The summed E-state index contributed by atoms with van der Waals surface area (Å²) in [6, 6.07) is 5.86. The average Bonchev–Trinajstić information content (AvgIpc) is 3.13. The van der Waals surface area contributed by atoms with Crippen LogP contribution in [0.25, 0.3) is 11.3 Å². The van der Waals surface area contributed by atoms with Crippen molar-refractivity contribution in [1.29, 1.82) is 0 Å². The Kier molecular flexibility index (Phi) is 5.04. The van der Waals surface area contributed by atoms with Gasteiger partial charge >= 0.3 is 17.8 Å². The van der Waals surface area contributed by atoms with Crippen molar-refractivity contribution in [2.24, 2.45) is 0 Å². The maximum atomic E-state index is 12.3. The third-order valence-electron chi connectivity index (χ3n) is 3.96. The summed E-state index contributed by atoms with van der Waals surface area (Å²) in [5.74, 6) is -2.47. The van der Waals surface area contributed by atoms with E-state index in [-0.39, 0.29) is 0 Å². The number of thiazole rings is 1. The zero-order valence-corrected chi connectivity index (χ0v) is 15.9. The Bertz CT molecular complexity index is 937. The summed E-state index contributed by atoms with van der Waals surface area (Å²) in [7, 11) is 0. The van der Waals surface area contributed by atoms with Crippen molar-refractivity contribution in [3.05, 3.63) is 34.7 Å². The van der Waals surface area contributed by atoms with E-state index < -0.39 is 36.3 Å². The lowest BCUT2D eigenvalue weighted by molar-refractivity contribution is -0.144. The van der Waals surface area contributed by atoms with Crippen molar-refractivity contribution in [2.75, 3.05) is 11.9 Å². The van der Waals surface area contributed by atoms with Gasteiger partial charge in [0.2, 0.25) is 5.91 Å². The van der Waals surface area contributed by atoms with E-state index in [1.807, 2.05) is 18.4 Å². The molecule has 1 fully saturated rings. The second-order valence-electron chi connectivity index (χ2n) is 6.32. The number of benzene rings is 1. The number of carbonyl (C=O) groups is 4. The molecule has 0 spiro atoms. The number of anilines is 1. The van der Waals surface area contributed by atoms with Crippen molar-refractivity contribution in [2.45, 2.75) is 26.8 Å². The van der Waals surface area contributed by atoms with Gasteiger partial charge in [-0.1, -0.05) is 12.1 Å². The molecule has 1 aromatic heterocycles. The zero-order valence-electron chi connectivity index (χ0n) is 15.1. The first-order valence-corrected chi connectivity index (χ1v) is 9.17. The third kappa shape index (κ3) is 3.72. The molecule has 5 amide bonds. The minimum atomic E-state index is -0.990. The number of amides is 5. The Labute approximate surface area is 159 Å². The highest BCUT2D eigenvalue weighted by molar-refractivity contribution is 7.09. The van der Waals surface area contributed by atoms with Gasteiger partial charge in [0.1, 0.15) is 6.54 Å². The first kappa shape index (κ1) is 18.7. The summed E-state index contributed by atoms with van der Waals surface area (Å²) in [4.78, 5) is 54.3. The molecule has 1 aliphatic rings. The minimum absolute atomic E-state index is 0.458. The Morgan fingerprint density at radius 1 is 1.22 bits per heavy atom. The molecule has 1 aliphatic heterocycles. The number of nitrogens with zero attached hydrogens (tertiary/aromatic N) is 3. The van der Waals surface area contributed by atoms with Crippen LogP contribution in [0.3, 0.4) is 0 Å². The van der Waals surface area contributed by atoms with Crippen LogP contribution in [-0.4, -0.2) is 51.1 Å². The maximum absolute atomic E-state index is 12.3. The molecule has 0 radical (unpaired) electrons. The molecule has 1 saturated heterocycles. The van der Waals surface area contributed by atoms with Crippen LogP contribution in [0.4, 0.5) is 10.5 Å². The molecular formula is C18H18N4O4S. The largest absolute Gasteiger partial charge is 0.334 e. The number of hydrogen-bond acceptors (Lipinski definition) is 6. The van der Waals surface area contributed by atoms with E-state index in [1.54, 1.807) is 32.0 Å². The van der Waals surface area contributed by atoms with Crippen molar-refractivity contribution in [3.63, 3.8) is 0 Å². The molecule has 27 heavy (non-hydrogen) atoms. The summed E-state index contributed by atoms with van der Waals surface area (Å²) >= 11 is 1.53. The number of aromatic nitrogens is 1. The van der Waals surface area contributed by atoms with Crippen molar-refractivity contribution < 1.29 is 19.2 Å². The summed E-state index contributed by atoms with van der Waals surface area (Å²) in [6.07, 6.45) is 0. The average molecular weight is 386 g/mol. The molecule has 140 valence electrons. The summed E-state index contributed by atoms with van der Waals surface area (Å²) in [5, 5.41) is 5.50. The molecule has 0 aliphatic carbocycles. The molecule has 0 atom stereocenters. The molecule has 2 aromatic rings. The molecule has 1 aromatic carbocycles. The van der Waals surface area contributed by atoms with Crippen molar-refractivity contribution >= 4 is 40.8 Å². The first-order valence-electron chi connectivity index (χ1n) is 8.29. The summed E-state index contributed by atoms with van der Waals surface area (Å²) in [5.41, 5.74) is 2.15. The van der Waals surface area contributed by atoms with Gasteiger partial charge in [0.05, 0.1) is 10.7 Å². The van der Waals surface area contributed by atoms with Gasteiger partial charge in [0.25, 0.3) is 0 Å². The Hall–Kier alpha value is -3.07. The molecule has 0 bridgehead atoms. The van der Waals surface area contributed by atoms with Crippen molar-refractivity contribution in [3.8, 4) is 11.3 Å². The van der Waals surface area contributed by atoms with E-state index >= 15 is 0 Å². The number of carbonyl (C=O) groups excluding carboxylic acids is 4. The number of imide groups is 2. The number of nitrogens with one attached hydrogen (secondary N) is 1. The van der Waals surface area contributed by atoms with Crippen LogP contribution in [0.5, 0.6) is 0 Å². The molecular weight excluding hydrogens is 368 g/mol. The second-order valence-corrected chi connectivity index (χ2v) is 7.39. The van der Waals surface area contributed by atoms with Gasteiger partial charge in [-0.3, -0.25) is 19.3 Å². The monoisotopic (exact) mass is 386 g/mol. The predicted octanol–water partition coefficient (Wildman–Crippen LogP) is 2.26. The van der Waals surface area contributed by atoms with E-state index in [1.165, 1.54) is 11.3 Å². The van der Waals surface area contributed by atoms with E-state index in [0.29, 0.717) is 10.6 Å². The van der Waals surface area contributed by atoms with Gasteiger partial charge in [0, 0.05) is 22.7 Å². The zero-order chi connectivity index (χ0) is 19.7. The summed E-state index contributed by atoms with van der Waals surface area (Å²) in [6.45, 7) is 4.63. The van der Waals surface area contributed by atoms with Gasteiger partial charge < -0.3 is 5.32 Å². The topological polar surface area (TPSA) is 99.7 Å². The van der Waals surface area contributed by atoms with E-state index in [4.69, 9.17) is 0 Å². The quantitative estimate of drug-likeness (QED) is 0.628. The van der Waals surface area contributed by atoms with Gasteiger partial charge in [-0.25, -0.2) is 14.7 Å². The lowest BCUT2D eigenvalue weighted by Crippen LogP contribution is -2.40. The lowest BCUT2D eigenvalue weighted by atomic mass is 10.1. The number of rotatable bonds is 5. The highest BCUT2D eigenvalue weighted by atomic mass is 32.1. The Morgan fingerprint density at radius 3 is 2.56 bits per heavy atom. The third-order valence-corrected chi connectivity index (χ3v) is 4.74. The van der Waals surface area contributed by atoms with Crippen LogP contribution >= 0.6 is 11.3 Å². The molecule has 0 unspecified atom stereocenters. The fourth-order valence-corrected chi connectivity index (χ4v) is 3.34. The van der Waals surface area contributed by atoms with Crippen LogP contribution in [0, 0.1) is 6.92 Å². The molecule has 8 nitrogen and oxygen atoms in total. The van der Waals surface area contributed by atoms with Crippen LogP contribution in [0.15, 0.2) is 29.6 Å². The highest BCUT2D eigenvalue weighted by Crippen LogP contribution is 2.24. The lowest BCUT2D eigenvalue weighted by Gasteiger charge is -2.18. The molecule has 3 rings (SSSR count). The standard InChI is InChI=1S/C18H18N4O4S/c1-10(2)22-17(25)16(24)21(18(22)26)8-15(23)20-13-6-4-5-12(7-13)14-9-27-11(3)19-14/h4-7,9-10H,8H2,1-3H3,(H,20,23). The van der Waals surface area contributed by atoms with Crippen LogP contribution in [0.2, 0.25) is 0 Å². The van der Waals surface area contributed by atoms with Gasteiger partial charge in [-0.2, -0.15) is 0 Å². The van der Waals surface area contributed by atoms with Crippen molar-refractivity contribution in [1.82, 2.24) is 14.8 Å². The molecule has 1 N–H and O–H groups in total. The normalized spacial score (nSPS) is 14.4. The Balaban J connectivity index is 1.70. The van der Waals surface area contributed by atoms with E-state index in [0.717, 1.165) is 21.2 Å². The van der Waals surface area contributed by atoms with Gasteiger partial charge in [-0.05, 0) is 32.9 Å². The number of aryl methyl sites for hydroxylation is 1.